The predicted molar refractivity (Wildman–Crippen MR) is 64.7 cm³/mol. The molecule has 3 N–H and O–H groups in total. The van der Waals surface area contributed by atoms with Crippen LogP contribution in [-0.2, 0) is 4.74 Å². The van der Waals surface area contributed by atoms with Gasteiger partial charge in [-0.15, -0.1) is 10.2 Å². The molecule has 1 aromatic heterocycles. The Morgan fingerprint density at radius 2 is 2.33 bits per heavy atom. The largest absolute Gasteiger partial charge is 0.449 e. The maximum absolute atomic E-state index is 11.0. The molecule has 8 heteroatoms. The molecule has 0 radical (unpaired) electrons. The number of nitrogens with two attached hydrogens (primary N) is 1. The van der Waals surface area contributed by atoms with Crippen molar-refractivity contribution in [2.75, 3.05) is 6.61 Å². The summed E-state index contributed by atoms with van der Waals surface area (Å²) >= 11 is 0. The number of para-hydroxylation sites is 1. The van der Waals surface area contributed by atoms with Crippen LogP contribution >= 0.6 is 0 Å². The Balaban J connectivity index is 2.20. The fourth-order valence-corrected chi connectivity index (χ4v) is 1.35. The Hall–Kier alpha value is -2.64. The first-order valence-corrected chi connectivity index (χ1v) is 5.29. The molecule has 18 heavy (non-hydrogen) atoms. The van der Waals surface area contributed by atoms with E-state index in [1.54, 1.807) is 19.1 Å². The third-order valence-corrected chi connectivity index (χ3v) is 2.11. The number of nitrogens with zero attached hydrogens (tertiary/aromatic N) is 4. The number of fused-ring (bicyclic) bond motifs is 1. The summed E-state index contributed by atoms with van der Waals surface area (Å²) in [5, 5.41) is 11.4. The molecule has 0 unspecified atom stereocenters. The van der Waals surface area contributed by atoms with E-state index in [0.29, 0.717) is 11.0 Å². The average molecular weight is 248 g/mol. The normalized spacial score (nSPS) is 11.5. The highest BCUT2D eigenvalue weighted by Gasteiger charge is 2.07. The van der Waals surface area contributed by atoms with Crippen molar-refractivity contribution in [3.05, 3.63) is 24.3 Å². The first kappa shape index (κ1) is 11.8. The van der Waals surface area contributed by atoms with E-state index in [0.717, 1.165) is 0 Å². The molecular formula is C10H12N6O2. The van der Waals surface area contributed by atoms with Gasteiger partial charge < -0.3 is 10.5 Å². The smallest absolute Gasteiger partial charge is 0.427 e. The van der Waals surface area contributed by atoms with E-state index < -0.39 is 6.09 Å². The molecule has 0 spiro atoms. The van der Waals surface area contributed by atoms with Crippen LogP contribution in [0.4, 0.5) is 4.79 Å². The molecular weight excluding hydrogens is 236 g/mol. The van der Waals surface area contributed by atoms with E-state index in [1.807, 2.05) is 12.1 Å². The molecule has 0 atom stereocenters. The number of carbonyl (C=O) groups is 1. The summed E-state index contributed by atoms with van der Waals surface area (Å²) in [5.41, 5.74) is 9.23. The molecule has 1 amide bonds. The average Bonchev–Trinajstić information content (AvgIpc) is 2.80. The molecule has 2 aromatic rings. The van der Waals surface area contributed by atoms with Crippen LogP contribution in [0, 0.1) is 0 Å². The highest BCUT2D eigenvalue weighted by molar-refractivity contribution is 5.90. The lowest BCUT2D eigenvalue weighted by Gasteiger charge is -2.02. The van der Waals surface area contributed by atoms with Gasteiger partial charge in [0.05, 0.1) is 12.1 Å². The van der Waals surface area contributed by atoms with Gasteiger partial charge in [0.15, 0.2) is 0 Å². The summed E-state index contributed by atoms with van der Waals surface area (Å²) < 4.78 is 5.96. The molecule has 2 rings (SSSR count). The third kappa shape index (κ3) is 2.37. The maximum atomic E-state index is 11.0. The van der Waals surface area contributed by atoms with Crippen molar-refractivity contribution < 1.29 is 9.53 Å². The maximum Gasteiger partial charge on any atom is 0.427 e. The van der Waals surface area contributed by atoms with Crippen molar-refractivity contribution in [1.29, 1.82) is 0 Å². The fourth-order valence-electron chi connectivity index (χ4n) is 1.35. The van der Waals surface area contributed by atoms with Crippen molar-refractivity contribution in [2.45, 2.75) is 6.92 Å². The predicted octanol–water partition coefficient (Wildman–Crippen LogP) is 0.255. The van der Waals surface area contributed by atoms with Crippen molar-refractivity contribution in [3.8, 4) is 0 Å². The minimum atomic E-state index is -0.676. The molecule has 0 fully saturated rings. The fraction of sp³-hybridized carbons (Fsp3) is 0.200. The molecule has 94 valence electrons. The Morgan fingerprint density at radius 3 is 3.11 bits per heavy atom. The summed E-state index contributed by atoms with van der Waals surface area (Å²) in [6, 6.07) is 7.26. The summed E-state index contributed by atoms with van der Waals surface area (Å²) in [6.45, 7) is 1.95. The number of ether oxygens (including phenoxy) is 1. The summed E-state index contributed by atoms with van der Waals surface area (Å²) in [5.74, 6) is -0.00301. The number of rotatable bonds is 2. The quantitative estimate of drug-likeness (QED) is 0.450. The van der Waals surface area contributed by atoms with E-state index in [1.165, 1.54) is 4.68 Å². The van der Waals surface area contributed by atoms with Gasteiger partial charge >= 0.3 is 6.09 Å². The summed E-state index contributed by atoms with van der Waals surface area (Å²) in [7, 11) is 0. The molecule has 1 heterocycles. The van der Waals surface area contributed by atoms with Crippen molar-refractivity contribution in [1.82, 2.24) is 20.4 Å². The summed E-state index contributed by atoms with van der Waals surface area (Å²) in [4.78, 5) is 11.0. The molecule has 0 saturated carbocycles. The van der Waals surface area contributed by atoms with Crippen molar-refractivity contribution in [2.24, 2.45) is 10.8 Å². The van der Waals surface area contributed by atoms with Gasteiger partial charge in [-0.1, -0.05) is 17.3 Å². The number of benzene rings is 1. The zero-order valence-corrected chi connectivity index (χ0v) is 9.70. The number of nitrogens with one attached hydrogen (secondary N) is 1. The van der Waals surface area contributed by atoms with Crippen LogP contribution in [0.2, 0.25) is 0 Å². The number of carbonyl (C=O) groups excluding carboxylic acids is 1. The Labute approximate surface area is 102 Å². The first-order chi connectivity index (χ1) is 8.72. The number of amides is 1. The van der Waals surface area contributed by atoms with E-state index in [2.05, 4.69) is 25.6 Å². The monoisotopic (exact) mass is 248 g/mol. The van der Waals surface area contributed by atoms with E-state index in [4.69, 9.17) is 5.73 Å². The second-order valence-corrected chi connectivity index (χ2v) is 3.29. The highest BCUT2D eigenvalue weighted by Crippen LogP contribution is 2.08. The van der Waals surface area contributed by atoms with Crippen LogP contribution < -0.4 is 11.2 Å². The second kappa shape index (κ2) is 5.13. The zero-order valence-electron chi connectivity index (χ0n) is 9.70. The van der Waals surface area contributed by atoms with E-state index in [-0.39, 0.29) is 12.6 Å². The standard InChI is InChI=1S/C10H12N6O2/c1-2-18-10(17)14-13-9(11)16-8-6-4-3-5-7(8)12-15-16/h3-6H,2H2,1H3,(H2,11,13)(H,14,17). The molecule has 0 bridgehead atoms. The van der Waals surface area contributed by atoms with Crippen LogP contribution in [0.1, 0.15) is 6.92 Å². The van der Waals surface area contributed by atoms with Gasteiger partial charge in [0.1, 0.15) is 5.52 Å². The van der Waals surface area contributed by atoms with Crippen LogP contribution in [-0.4, -0.2) is 33.7 Å². The van der Waals surface area contributed by atoms with Crippen LogP contribution in [0.5, 0.6) is 0 Å². The zero-order chi connectivity index (χ0) is 13.0. The third-order valence-electron chi connectivity index (χ3n) is 2.11. The molecule has 0 aliphatic carbocycles. The van der Waals surface area contributed by atoms with Gasteiger partial charge in [0, 0.05) is 0 Å². The highest BCUT2D eigenvalue weighted by atomic mass is 16.5. The Bertz CT molecular complexity index is 591. The van der Waals surface area contributed by atoms with E-state index >= 15 is 0 Å². The van der Waals surface area contributed by atoms with Gasteiger partial charge in [-0.25, -0.2) is 10.2 Å². The molecule has 0 saturated heterocycles. The Morgan fingerprint density at radius 1 is 1.56 bits per heavy atom. The van der Waals surface area contributed by atoms with Crippen LogP contribution in [0.3, 0.4) is 0 Å². The lowest BCUT2D eigenvalue weighted by atomic mass is 10.3. The number of aromatic nitrogens is 3. The first-order valence-electron chi connectivity index (χ1n) is 5.29. The van der Waals surface area contributed by atoms with Crippen LogP contribution in [0.25, 0.3) is 11.0 Å². The van der Waals surface area contributed by atoms with Gasteiger partial charge in [0.25, 0.3) is 0 Å². The molecule has 8 nitrogen and oxygen atoms in total. The summed E-state index contributed by atoms with van der Waals surface area (Å²) in [6.07, 6.45) is -0.676. The number of hydrazone groups is 1. The number of hydrogen-bond acceptors (Lipinski definition) is 5. The van der Waals surface area contributed by atoms with Gasteiger partial charge in [-0.2, -0.15) is 4.68 Å². The van der Waals surface area contributed by atoms with Crippen molar-refractivity contribution >= 4 is 23.1 Å². The van der Waals surface area contributed by atoms with Crippen LogP contribution in [0.15, 0.2) is 29.4 Å². The second-order valence-electron chi connectivity index (χ2n) is 3.29. The molecule has 0 aliphatic rings. The minimum Gasteiger partial charge on any atom is -0.449 e. The topological polar surface area (TPSA) is 107 Å². The Kier molecular flexibility index (Phi) is 3.37. The van der Waals surface area contributed by atoms with E-state index in [9.17, 15) is 4.79 Å². The van der Waals surface area contributed by atoms with Gasteiger partial charge in [-0.3, -0.25) is 0 Å². The minimum absolute atomic E-state index is 0.00301. The lowest BCUT2D eigenvalue weighted by molar-refractivity contribution is 0.152. The van der Waals surface area contributed by atoms with Gasteiger partial charge in [0.2, 0.25) is 5.96 Å². The lowest BCUT2D eigenvalue weighted by Crippen LogP contribution is -2.29. The van der Waals surface area contributed by atoms with Gasteiger partial charge in [-0.05, 0) is 19.1 Å². The van der Waals surface area contributed by atoms with Crippen molar-refractivity contribution in [3.63, 3.8) is 0 Å². The number of hydrogen-bond donors (Lipinski definition) is 2. The molecule has 1 aromatic carbocycles. The molecule has 0 aliphatic heterocycles. The SMILES string of the molecule is CCOC(=O)N/N=C(\N)n1nnc2ccccc21.